The van der Waals surface area contributed by atoms with E-state index in [9.17, 15) is 9.18 Å². The topological polar surface area (TPSA) is 94.6 Å². The van der Waals surface area contributed by atoms with E-state index >= 15 is 4.39 Å². The molecule has 2 aromatic heterocycles. The van der Waals surface area contributed by atoms with Crippen LogP contribution in [-0.2, 0) is 22.4 Å². The summed E-state index contributed by atoms with van der Waals surface area (Å²) < 4.78 is 46.6. The van der Waals surface area contributed by atoms with Crippen molar-refractivity contribution in [2.24, 2.45) is 0 Å². The van der Waals surface area contributed by atoms with Crippen molar-refractivity contribution in [3.63, 3.8) is 0 Å². The fraction of sp³-hybridized carbons (Fsp3) is 0.406. The van der Waals surface area contributed by atoms with Gasteiger partial charge in [-0.25, -0.2) is 13.6 Å². The maximum atomic E-state index is 15.2. The van der Waals surface area contributed by atoms with Crippen molar-refractivity contribution in [1.82, 2.24) is 20.8 Å². The molecule has 1 aliphatic rings. The zero-order valence-electron chi connectivity index (χ0n) is 25.2. The van der Waals surface area contributed by atoms with Crippen LogP contribution in [0, 0.1) is 11.6 Å². The predicted molar refractivity (Wildman–Crippen MR) is 166 cm³/mol. The molecule has 3 heterocycles. The molecule has 1 amide bonds. The van der Waals surface area contributed by atoms with E-state index in [2.05, 4.69) is 33.0 Å². The van der Waals surface area contributed by atoms with Crippen molar-refractivity contribution in [2.75, 3.05) is 32.9 Å². The average Bonchev–Trinajstić information content (AvgIpc) is 3.38. The van der Waals surface area contributed by atoms with Gasteiger partial charge < -0.3 is 24.8 Å². The van der Waals surface area contributed by atoms with E-state index in [4.69, 9.17) is 14.2 Å². The summed E-state index contributed by atoms with van der Waals surface area (Å²) in [6, 6.07) is 10.2. The lowest BCUT2D eigenvalue weighted by molar-refractivity contribution is 0.0489. The van der Waals surface area contributed by atoms with E-state index in [1.165, 1.54) is 46.0 Å². The molecular weight excluding hydrogens is 574 g/mol. The second-order valence-electron chi connectivity index (χ2n) is 10.6. The van der Waals surface area contributed by atoms with Crippen molar-refractivity contribution in [2.45, 2.75) is 53.2 Å². The molecule has 0 unspecified atom stereocenters. The summed E-state index contributed by atoms with van der Waals surface area (Å²) in [5, 5.41) is 16.7. The highest BCUT2D eigenvalue weighted by atomic mass is 32.1. The maximum Gasteiger partial charge on any atom is 0.407 e. The number of fused-ring (bicyclic) bond motifs is 2. The molecule has 5 rings (SSSR count). The average molecular weight is 613 g/mol. The first-order valence-electron chi connectivity index (χ1n) is 14.4. The number of aromatic nitrogens is 2. The summed E-state index contributed by atoms with van der Waals surface area (Å²) in [7, 11) is 0. The van der Waals surface area contributed by atoms with E-state index in [-0.39, 0.29) is 37.8 Å². The fourth-order valence-corrected chi connectivity index (χ4v) is 5.51. The Labute approximate surface area is 254 Å². The first-order chi connectivity index (χ1) is 20.7. The molecule has 2 N–H and O–H groups in total. The summed E-state index contributed by atoms with van der Waals surface area (Å²) in [5.74, 6) is -0.716. The molecule has 0 saturated carbocycles. The molecule has 2 aromatic carbocycles. The van der Waals surface area contributed by atoms with E-state index < -0.39 is 23.3 Å². The largest absolute Gasteiger partial charge is 0.490 e. The van der Waals surface area contributed by atoms with Gasteiger partial charge in [0.1, 0.15) is 41.0 Å². The van der Waals surface area contributed by atoms with Crippen molar-refractivity contribution in [3.05, 3.63) is 64.5 Å². The molecule has 0 fully saturated rings. The van der Waals surface area contributed by atoms with Gasteiger partial charge in [-0.15, -0.1) is 21.5 Å². The van der Waals surface area contributed by atoms with Crippen LogP contribution in [-0.4, -0.2) is 54.8 Å². The monoisotopic (exact) mass is 612 g/mol. The third-order valence-corrected chi connectivity index (χ3v) is 7.37. The predicted octanol–water partition coefficient (Wildman–Crippen LogP) is 6.90. The Morgan fingerprint density at radius 3 is 2.60 bits per heavy atom. The summed E-state index contributed by atoms with van der Waals surface area (Å²) in [4.78, 5) is 11.7. The SMILES string of the molecule is CC.CC(C)(C)OC(=O)NCCOCCOc1cc(F)ccc1-c1nnc(-c2ccc3c(c2)CCNC3)c2scc(F)c12. The molecule has 11 heteroatoms. The minimum Gasteiger partial charge on any atom is -0.490 e. The van der Waals surface area contributed by atoms with E-state index in [0.29, 0.717) is 21.3 Å². The van der Waals surface area contributed by atoms with Gasteiger partial charge in [-0.05, 0) is 63.1 Å². The van der Waals surface area contributed by atoms with Gasteiger partial charge in [-0.3, -0.25) is 0 Å². The number of amides is 1. The quantitative estimate of drug-likeness (QED) is 0.199. The first-order valence-corrected chi connectivity index (χ1v) is 15.3. The smallest absolute Gasteiger partial charge is 0.407 e. The molecule has 0 atom stereocenters. The van der Waals surface area contributed by atoms with Crippen LogP contribution >= 0.6 is 11.3 Å². The Balaban J connectivity index is 0.00000207. The number of carbonyl (C=O) groups is 1. The number of hydrogen-bond donors (Lipinski definition) is 2. The second kappa shape index (κ2) is 14.7. The van der Waals surface area contributed by atoms with Crippen LogP contribution in [0.15, 0.2) is 41.8 Å². The number of nitrogens with zero attached hydrogens (tertiary/aromatic N) is 2. The lowest BCUT2D eigenvalue weighted by Gasteiger charge is -2.19. The summed E-state index contributed by atoms with van der Waals surface area (Å²) >= 11 is 1.26. The summed E-state index contributed by atoms with van der Waals surface area (Å²) in [6.45, 7) is 11.9. The van der Waals surface area contributed by atoms with Crippen LogP contribution in [0.4, 0.5) is 13.6 Å². The standard InChI is InChI=1S/C30H32F2N4O4S.C2H6/c1-30(2,3)40-29(37)34-10-11-38-12-13-39-24-15-21(31)6-7-22(24)27-25-23(32)17-41-28(25)26(35-36-27)19-4-5-20-16-33-9-8-18(20)14-19;1-2/h4-7,14-15,17,33H,8-13,16H2,1-3H3,(H,34,37);1-2H3. The molecule has 0 saturated heterocycles. The molecule has 0 aliphatic carbocycles. The minimum absolute atomic E-state index is 0.105. The Bertz CT molecular complexity index is 1550. The zero-order chi connectivity index (χ0) is 31.0. The molecule has 0 radical (unpaired) electrons. The highest BCUT2D eigenvalue weighted by molar-refractivity contribution is 7.17. The van der Waals surface area contributed by atoms with Crippen LogP contribution in [0.1, 0.15) is 45.7 Å². The van der Waals surface area contributed by atoms with Gasteiger partial charge in [-0.1, -0.05) is 26.0 Å². The number of ether oxygens (including phenoxy) is 3. The van der Waals surface area contributed by atoms with Crippen molar-refractivity contribution in [1.29, 1.82) is 0 Å². The first kappa shape index (κ1) is 32.2. The zero-order valence-corrected chi connectivity index (χ0v) is 26.0. The minimum atomic E-state index is -0.581. The Kier molecular flexibility index (Phi) is 11.0. The van der Waals surface area contributed by atoms with Gasteiger partial charge in [0.05, 0.1) is 23.3 Å². The second-order valence-corrected chi connectivity index (χ2v) is 11.5. The van der Waals surface area contributed by atoms with E-state index in [1.807, 2.05) is 19.9 Å². The van der Waals surface area contributed by atoms with Gasteiger partial charge in [0.15, 0.2) is 0 Å². The Morgan fingerprint density at radius 2 is 1.81 bits per heavy atom. The third-order valence-electron chi connectivity index (χ3n) is 6.41. The van der Waals surface area contributed by atoms with Gasteiger partial charge in [0.2, 0.25) is 0 Å². The number of thiophene rings is 1. The lowest BCUT2D eigenvalue weighted by atomic mass is 9.96. The molecule has 43 heavy (non-hydrogen) atoms. The highest BCUT2D eigenvalue weighted by Gasteiger charge is 2.22. The van der Waals surface area contributed by atoms with Crippen molar-refractivity contribution in [3.8, 4) is 28.3 Å². The number of carbonyl (C=O) groups excluding carboxylic acids is 1. The van der Waals surface area contributed by atoms with Gasteiger partial charge in [0, 0.05) is 35.7 Å². The molecule has 230 valence electrons. The fourth-order valence-electron chi connectivity index (χ4n) is 4.59. The molecule has 0 spiro atoms. The van der Waals surface area contributed by atoms with Crippen LogP contribution in [0.5, 0.6) is 5.75 Å². The number of alkyl carbamates (subject to hydrolysis) is 1. The van der Waals surface area contributed by atoms with Crippen molar-refractivity contribution < 1.29 is 27.8 Å². The highest BCUT2D eigenvalue weighted by Crippen LogP contribution is 2.41. The van der Waals surface area contributed by atoms with Crippen molar-refractivity contribution >= 4 is 27.5 Å². The number of rotatable bonds is 9. The lowest BCUT2D eigenvalue weighted by Crippen LogP contribution is -2.34. The molecular formula is C32H38F2N4O4S. The third kappa shape index (κ3) is 8.25. The van der Waals surface area contributed by atoms with Gasteiger partial charge in [-0.2, -0.15) is 0 Å². The number of benzene rings is 2. The van der Waals surface area contributed by atoms with Gasteiger partial charge >= 0.3 is 6.09 Å². The molecule has 4 aromatic rings. The summed E-state index contributed by atoms with van der Waals surface area (Å²) in [6.07, 6.45) is 0.390. The molecule has 8 nitrogen and oxygen atoms in total. The van der Waals surface area contributed by atoms with Crippen LogP contribution < -0.4 is 15.4 Å². The molecule has 0 bridgehead atoms. The van der Waals surface area contributed by atoms with Crippen LogP contribution in [0.2, 0.25) is 0 Å². The summed E-state index contributed by atoms with van der Waals surface area (Å²) in [5.41, 5.74) is 4.10. The normalized spacial score (nSPS) is 12.7. The number of halogens is 2. The van der Waals surface area contributed by atoms with Gasteiger partial charge in [0.25, 0.3) is 0 Å². The maximum absolute atomic E-state index is 15.2. The molecule has 1 aliphatic heterocycles. The van der Waals surface area contributed by atoms with E-state index in [1.54, 1.807) is 20.8 Å². The number of hydrogen-bond acceptors (Lipinski definition) is 8. The Hall–Kier alpha value is -3.67. The number of nitrogens with one attached hydrogen (secondary N) is 2. The van der Waals surface area contributed by atoms with Crippen LogP contribution in [0.3, 0.4) is 0 Å². The van der Waals surface area contributed by atoms with Crippen LogP contribution in [0.25, 0.3) is 32.6 Å². The van der Waals surface area contributed by atoms with E-state index in [0.717, 1.165) is 25.1 Å². The Morgan fingerprint density at radius 1 is 1.02 bits per heavy atom.